The minimum absolute atomic E-state index is 0.597. The molecule has 1 aromatic rings. The van der Waals surface area contributed by atoms with Crippen molar-refractivity contribution in [2.75, 3.05) is 5.75 Å². The predicted molar refractivity (Wildman–Crippen MR) is 72.6 cm³/mol. The fraction of sp³-hybridized carbons (Fsp3) is 0.417. The Bertz CT molecular complexity index is 306. The molecular weight excluding hydrogens is 222 g/mol. The monoisotopic (exact) mass is 239 g/mol. The van der Waals surface area contributed by atoms with Crippen LogP contribution in [0.1, 0.15) is 25.3 Å². The van der Waals surface area contributed by atoms with Crippen molar-refractivity contribution in [3.63, 3.8) is 0 Å². The lowest BCUT2D eigenvalue weighted by Gasteiger charge is -2.03. The summed E-state index contributed by atoms with van der Waals surface area (Å²) in [6, 6.07) is 8.68. The van der Waals surface area contributed by atoms with Crippen molar-refractivity contribution >= 4 is 29.0 Å². The van der Waals surface area contributed by atoms with Gasteiger partial charge in [-0.25, -0.2) is 0 Å². The molecule has 0 fully saturated rings. The van der Waals surface area contributed by atoms with Crippen molar-refractivity contribution in [1.29, 1.82) is 0 Å². The van der Waals surface area contributed by atoms with E-state index < -0.39 is 0 Å². The normalized spacial score (nSPS) is 10.2. The van der Waals surface area contributed by atoms with Crippen LogP contribution in [0.2, 0.25) is 0 Å². The molecule has 0 spiro atoms. The van der Waals surface area contributed by atoms with Crippen molar-refractivity contribution in [2.45, 2.75) is 31.1 Å². The molecule has 0 aliphatic rings. The molecule has 1 aromatic carbocycles. The minimum atomic E-state index is 0.597. The van der Waals surface area contributed by atoms with Crippen molar-refractivity contribution in [3.05, 3.63) is 29.8 Å². The van der Waals surface area contributed by atoms with Crippen molar-refractivity contribution in [3.8, 4) is 0 Å². The Hall–Kier alpha value is -0.540. The third-order valence-electron chi connectivity index (χ3n) is 2.06. The SMILES string of the molecule is CCCSc1ccc(CCC(N)=S)cc1. The van der Waals surface area contributed by atoms with Crippen LogP contribution in [-0.4, -0.2) is 10.7 Å². The third kappa shape index (κ3) is 5.19. The zero-order valence-corrected chi connectivity index (χ0v) is 10.7. The van der Waals surface area contributed by atoms with Crippen LogP contribution < -0.4 is 5.73 Å². The maximum absolute atomic E-state index is 5.46. The Morgan fingerprint density at radius 1 is 1.33 bits per heavy atom. The highest BCUT2D eigenvalue weighted by Crippen LogP contribution is 2.19. The maximum Gasteiger partial charge on any atom is 0.0730 e. The van der Waals surface area contributed by atoms with Crippen LogP contribution in [0.4, 0.5) is 0 Å². The largest absolute Gasteiger partial charge is 0.393 e. The summed E-state index contributed by atoms with van der Waals surface area (Å²) in [5.74, 6) is 1.19. The molecule has 2 N–H and O–H groups in total. The number of nitrogens with two attached hydrogens (primary N) is 1. The van der Waals surface area contributed by atoms with E-state index in [4.69, 9.17) is 18.0 Å². The molecule has 0 aliphatic carbocycles. The van der Waals surface area contributed by atoms with Gasteiger partial charge >= 0.3 is 0 Å². The topological polar surface area (TPSA) is 26.0 Å². The molecule has 0 radical (unpaired) electrons. The third-order valence-corrected chi connectivity index (χ3v) is 3.48. The van der Waals surface area contributed by atoms with Gasteiger partial charge in [0.05, 0.1) is 4.99 Å². The van der Waals surface area contributed by atoms with E-state index in [-0.39, 0.29) is 0 Å². The second-order valence-corrected chi connectivity index (χ2v) is 5.15. The Kier molecular flexibility index (Phi) is 5.73. The quantitative estimate of drug-likeness (QED) is 0.608. The summed E-state index contributed by atoms with van der Waals surface area (Å²) in [4.78, 5) is 1.94. The van der Waals surface area contributed by atoms with E-state index >= 15 is 0 Å². The van der Waals surface area contributed by atoms with E-state index in [2.05, 4.69) is 31.2 Å². The van der Waals surface area contributed by atoms with Gasteiger partial charge in [-0.1, -0.05) is 31.3 Å². The first-order chi connectivity index (χ1) is 7.22. The van der Waals surface area contributed by atoms with Gasteiger partial charge in [-0.15, -0.1) is 11.8 Å². The zero-order chi connectivity index (χ0) is 11.1. The first-order valence-corrected chi connectivity index (χ1v) is 6.62. The van der Waals surface area contributed by atoms with Gasteiger partial charge in [0.15, 0.2) is 0 Å². The summed E-state index contributed by atoms with van der Waals surface area (Å²) in [7, 11) is 0. The summed E-state index contributed by atoms with van der Waals surface area (Å²) in [6.45, 7) is 2.20. The van der Waals surface area contributed by atoms with Gasteiger partial charge in [0.2, 0.25) is 0 Å². The summed E-state index contributed by atoms with van der Waals surface area (Å²) >= 11 is 6.75. The van der Waals surface area contributed by atoms with Crippen LogP contribution in [0.15, 0.2) is 29.2 Å². The second kappa shape index (κ2) is 6.85. The molecule has 0 aliphatic heterocycles. The lowest BCUT2D eigenvalue weighted by molar-refractivity contribution is 1.04. The standard InChI is InChI=1S/C12H17NS2/c1-2-9-15-11-6-3-10(4-7-11)5-8-12(13)14/h3-4,6-7H,2,5,8-9H2,1H3,(H2,13,14). The van der Waals surface area contributed by atoms with Gasteiger partial charge in [-0.05, 0) is 36.3 Å². The molecule has 1 nitrogen and oxygen atoms in total. The van der Waals surface area contributed by atoms with E-state index in [0.717, 1.165) is 12.8 Å². The Morgan fingerprint density at radius 2 is 2.00 bits per heavy atom. The maximum atomic E-state index is 5.46. The highest BCUT2D eigenvalue weighted by molar-refractivity contribution is 7.99. The number of aryl methyl sites for hydroxylation is 1. The Balaban J connectivity index is 2.45. The molecule has 15 heavy (non-hydrogen) atoms. The van der Waals surface area contributed by atoms with Gasteiger partial charge in [0, 0.05) is 11.3 Å². The predicted octanol–water partition coefficient (Wildman–Crippen LogP) is 3.41. The molecule has 0 saturated carbocycles. The van der Waals surface area contributed by atoms with Crippen LogP contribution in [0, 0.1) is 0 Å². The minimum Gasteiger partial charge on any atom is -0.393 e. The molecule has 3 heteroatoms. The summed E-state index contributed by atoms with van der Waals surface area (Å²) in [6.07, 6.45) is 2.97. The molecule has 0 saturated heterocycles. The van der Waals surface area contributed by atoms with E-state index in [9.17, 15) is 0 Å². The molecule has 1 rings (SSSR count). The highest BCUT2D eigenvalue weighted by Gasteiger charge is 1.96. The van der Waals surface area contributed by atoms with Crippen molar-refractivity contribution < 1.29 is 0 Å². The van der Waals surface area contributed by atoms with Gasteiger partial charge in [-0.3, -0.25) is 0 Å². The fourth-order valence-corrected chi connectivity index (χ4v) is 2.11. The first kappa shape index (κ1) is 12.5. The number of thiocarbonyl (C=S) groups is 1. The number of hydrogen-bond donors (Lipinski definition) is 1. The van der Waals surface area contributed by atoms with E-state index in [1.54, 1.807) is 0 Å². The molecule has 82 valence electrons. The average Bonchev–Trinajstić information content (AvgIpc) is 2.25. The van der Waals surface area contributed by atoms with Gasteiger partial charge < -0.3 is 5.73 Å². The number of hydrogen-bond acceptors (Lipinski definition) is 2. The van der Waals surface area contributed by atoms with Crippen molar-refractivity contribution in [2.24, 2.45) is 5.73 Å². The van der Waals surface area contributed by atoms with E-state index in [1.807, 2.05) is 11.8 Å². The Labute approximate surface area is 101 Å². The zero-order valence-electron chi connectivity index (χ0n) is 9.03. The molecule has 0 aromatic heterocycles. The molecule has 0 atom stereocenters. The number of benzene rings is 1. The fourth-order valence-electron chi connectivity index (χ4n) is 1.24. The van der Waals surface area contributed by atoms with Crippen molar-refractivity contribution in [1.82, 2.24) is 0 Å². The first-order valence-electron chi connectivity index (χ1n) is 5.22. The van der Waals surface area contributed by atoms with Gasteiger partial charge in [0.1, 0.15) is 0 Å². The van der Waals surface area contributed by atoms with Crippen LogP contribution in [0.5, 0.6) is 0 Å². The average molecular weight is 239 g/mol. The summed E-state index contributed by atoms with van der Waals surface area (Å²) in [5, 5.41) is 0. The lowest BCUT2D eigenvalue weighted by atomic mass is 10.1. The summed E-state index contributed by atoms with van der Waals surface area (Å²) < 4.78 is 0. The summed E-state index contributed by atoms with van der Waals surface area (Å²) in [5.41, 5.74) is 6.77. The molecule has 0 bridgehead atoms. The second-order valence-electron chi connectivity index (χ2n) is 3.46. The van der Waals surface area contributed by atoms with Crippen LogP contribution in [0.3, 0.4) is 0 Å². The number of thioether (sulfide) groups is 1. The Morgan fingerprint density at radius 3 is 2.53 bits per heavy atom. The molecular formula is C12H17NS2. The smallest absolute Gasteiger partial charge is 0.0730 e. The van der Waals surface area contributed by atoms with Crippen LogP contribution in [0.25, 0.3) is 0 Å². The van der Waals surface area contributed by atoms with E-state index in [1.165, 1.54) is 22.6 Å². The van der Waals surface area contributed by atoms with Crippen LogP contribution in [-0.2, 0) is 6.42 Å². The highest BCUT2D eigenvalue weighted by atomic mass is 32.2. The number of rotatable bonds is 6. The molecule has 0 amide bonds. The molecule has 0 unspecified atom stereocenters. The van der Waals surface area contributed by atoms with Crippen LogP contribution >= 0.6 is 24.0 Å². The lowest BCUT2D eigenvalue weighted by Crippen LogP contribution is -2.08. The van der Waals surface area contributed by atoms with E-state index in [0.29, 0.717) is 4.99 Å². The van der Waals surface area contributed by atoms with Gasteiger partial charge in [0.25, 0.3) is 0 Å². The van der Waals surface area contributed by atoms with Gasteiger partial charge in [-0.2, -0.15) is 0 Å². The molecule has 0 heterocycles.